The lowest BCUT2D eigenvalue weighted by atomic mass is 9.68. The summed E-state index contributed by atoms with van der Waals surface area (Å²) in [5, 5.41) is 0. The predicted octanol–water partition coefficient (Wildman–Crippen LogP) is 4.63. The second-order valence-electron chi connectivity index (χ2n) is 7.55. The summed E-state index contributed by atoms with van der Waals surface area (Å²) in [5.41, 5.74) is -0.247. The summed E-state index contributed by atoms with van der Waals surface area (Å²) in [6.45, 7) is 9.86. The summed E-state index contributed by atoms with van der Waals surface area (Å²) in [6, 6.07) is 0. The summed E-state index contributed by atoms with van der Waals surface area (Å²) in [4.78, 5) is 12.4. The van der Waals surface area contributed by atoms with Crippen LogP contribution in [0.2, 0.25) is 0 Å². The molecule has 1 atom stereocenters. The number of halogens is 1. The first-order valence-electron chi connectivity index (χ1n) is 7.82. The maximum atomic E-state index is 12.4. The number of carbonyl (C=O) groups excluding carboxylic acids is 1. The molecule has 1 spiro atoms. The Labute approximate surface area is 142 Å². The van der Waals surface area contributed by atoms with Crippen LogP contribution in [-0.4, -0.2) is 24.8 Å². The van der Waals surface area contributed by atoms with E-state index in [0.717, 1.165) is 12.8 Å². The molecule has 0 aromatic carbocycles. The van der Waals surface area contributed by atoms with E-state index in [1.165, 1.54) is 3.58 Å². The SMILES string of the molecule is C/C=C(/I)CCC1(C)CC2(CCC1=O)OCC(C)(C)CO2. The van der Waals surface area contributed by atoms with E-state index in [4.69, 9.17) is 9.47 Å². The summed E-state index contributed by atoms with van der Waals surface area (Å²) >= 11 is 2.35. The van der Waals surface area contributed by atoms with Gasteiger partial charge in [0.25, 0.3) is 0 Å². The highest BCUT2D eigenvalue weighted by molar-refractivity contribution is 14.1. The van der Waals surface area contributed by atoms with Crippen molar-refractivity contribution in [3.8, 4) is 0 Å². The molecule has 0 bridgehead atoms. The molecule has 21 heavy (non-hydrogen) atoms. The van der Waals surface area contributed by atoms with E-state index in [0.29, 0.717) is 38.3 Å². The number of Topliss-reactive ketones (excluding diaryl/α,β-unsaturated/α-hetero) is 1. The Morgan fingerprint density at radius 3 is 2.48 bits per heavy atom. The third kappa shape index (κ3) is 4.08. The fourth-order valence-corrected chi connectivity index (χ4v) is 3.41. The molecule has 3 nitrogen and oxygen atoms in total. The Balaban J connectivity index is 2.07. The molecule has 0 N–H and O–H groups in total. The first kappa shape index (κ1) is 17.4. The van der Waals surface area contributed by atoms with Crippen LogP contribution in [0.25, 0.3) is 0 Å². The standard InChI is InChI=1S/C17H27IO3/c1-5-13(18)6-8-16(4)10-17(9-7-14(16)19)20-11-15(2,3)12-21-17/h5H,6-12H2,1-4H3/b13-5+. The Bertz CT molecular complexity index is 431. The molecule has 1 aliphatic heterocycles. The number of carbonyl (C=O) groups is 1. The van der Waals surface area contributed by atoms with Crippen molar-refractivity contribution in [1.82, 2.24) is 0 Å². The second-order valence-corrected chi connectivity index (χ2v) is 8.93. The summed E-state index contributed by atoms with van der Waals surface area (Å²) in [5.74, 6) is -0.162. The highest BCUT2D eigenvalue weighted by Crippen LogP contribution is 2.47. The van der Waals surface area contributed by atoms with Crippen molar-refractivity contribution < 1.29 is 14.3 Å². The largest absolute Gasteiger partial charge is 0.349 e. The molecule has 1 aliphatic carbocycles. The summed E-state index contributed by atoms with van der Waals surface area (Å²) in [7, 11) is 0. The number of ether oxygens (including phenoxy) is 2. The molecular formula is C17H27IO3. The van der Waals surface area contributed by atoms with Gasteiger partial charge in [0.15, 0.2) is 5.79 Å². The molecule has 1 unspecified atom stereocenters. The normalized spacial score (nSPS) is 32.4. The van der Waals surface area contributed by atoms with Gasteiger partial charge < -0.3 is 9.47 Å². The quantitative estimate of drug-likeness (QED) is 0.641. The van der Waals surface area contributed by atoms with Gasteiger partial charge in [-0.05, 0) is 45.9 Å². The fourth-order valence-electron chi connectivity index (χ4n) is 3.14. The summed E-state index contributed by atoms with van der Waals surface area (Å²) in [6.07, 6.45) is 5.93. The molecule has 0 aromatic heterocycles. The molecule has 0 radical (unpaired) electrons. The van der Waals surface area contributed by atoms with Crippen molar-refractivity contribution in [2.24, 2.45) is 10.8 Å². The van der Waals surface area contributed by atoms with E-state index in [2.05, 4.69) is 49.4 Å². The number of allylic oxidation sites excluding steroid dienone is 2. The highest BCUT2D eigenvalue weighted by Gasteiger charge is 2.51. The van der Waals surface area contributed by atoms with E-state index in [-0.39, 0.29) is 10.8 Å². The lowest BCUT2D eigenvalue weighted by Crippen LogP contribution is -2.54. The van der Waals surface area contributed by atoms with Crippen LogP contribution in [0.1, 0.15) is 59.8 Å². The lowest BCUT2D eigenvalue weighted by molar-refractivity contribution is -0.316. The minimum Gasteiger partial charge on any atom is -0.349 e. The first-order chi connectivity index (χ1) is 9.70. The molecule has 2 aliphatic rings. The molecule has 120 valence electrons. The lowest BCUT2D eigenvalue weighted by Gasteiger charge is -2.49. The first-order valence-corrected chi connectivity index (χ1v) is 8.90. The van der Waals surface area contributed by atoms with E-state index in [1.54, 1.807) is 0 Å². The molecule has 1 saturated carbocycles. The smallest absolute Gasteiger partial charge is 0.169 e. The van der Waals surface area contributed by atoms with Crippen molar-refractivity contribution in [3.05, 3.63) is 9.66 Å². The molecule has 2 fully saturated rings. The average Bonchev–Trinajstić information content (AvgIpc) is 2.44. The van der Waals surface area contributed by atoms with Crippen molar-refractivity contribution in [3.63, 3.8) is 0 Å². The Kier molecular flexibility index (Phi) is 5.21. The van der Waals surface area contributed by atoms with Crippen LogP contribution in [0.15, 0.2) is 9.66 Å². The molecule has 1 saturated heterocycles. The van der Waals surface area contributed by atoms with Crippen LogP contribution in [0.3, 0.4) is 0 Å². The zero-order valence-electron chi connectivity index (χ0n) is 13.6. The molecule has 2 rings (SSSR count). The van der Waals surface area contributed by atoms with E-state index in [9.17, 15) is 4.79 Å². The zero-order chi connectivity index (χ0) is 15.7. The monoisotopic (exact) mass is 406 g/mol. The molecule has 0 amide bonds. The third-order valence-electron chi connectivity index (χ3n) is 4.75. The Morgan fingerprint density at radius 2 is 1.90 bits per heavy atom. The van der Waals surface area contributed by atoms with Gasteiger partial charge in [0.1, 0.15) is 5.78 Å². The van der Waals surface area contributed by atoms with Crippen LogP contribution in [-0.2, 0) is 14.3 Å². The number of rotatable bonds is 3. The maximum Gasteiger partial charge on any atom is 0.169 e. The minimum absolute atomic E-state index is 0.0729. The minimum atomic E-state index is -0.528. The van der Waals surface area contributed by atoms with Gasteiger partial charge in [-0.25, -0.2) is 0 Å². The van der Waals surface area contributed by atoms with E-state index >= 15 is 0 Å². The second kappa shape index (κ2) is 6.28. The predicted molar refractivity (Wildman–Crippen MR) is 92.4 cm³/mol. The Morgan fingerprint density at radius 1 is 1.29 bits per heavy atom. The third-order valence-corrected chi connectivity index (χ3v) is 5.91. The highest BCUT2D eigenvalue weighted by atomic mass is 127. The topological polar surface area (TPSA) is 35.5 Å². The molecule has 4 heteroatoms. The van der Waals surface area contributed by atoms with Crippen LogP contribution in [0, 0.1) is 10.8 Å². The summed E-state index contributed by atoms with van der Waals surface area (Å²) < 4.78 is 13.5. The van der Waals surface area contributed by atoms with E-state index < -0.39 is 5.79 Å². The Hall–Kier alpha value is 0.0600. The fraction of sp³-hybridized carbons (Fsp3) is 0.824. The van der Waals surface area contributed by atoms with Crippen LogP contribution < -0.4 is 0 Å². The van der Waals surface area contributed by atoms with Gasteiger partial charge in [0.05, 0.1) is 13.2 Å². The van der Waals surface area contributed by atoms with Crippen molar-refractivity contribution >= 4 is 28.4 Å². The van der Waals surface area contributed by atoms with Crippen molar-refractivity contribution in [2.45, 2.75) is 65.6 Å². The van der Waals surface area contributed by atoms with Gasteiger partial charge in [0.2, 0.25) is 0 Å². The van der Waals surface area contributed by atoms with Crippen molar-refractivity contribution in [2.75, 3.05) is 13.2 Å². The van der Waals surface area contributed by atoms with Crippen LogP contribution in [0.5, 0.6) is 0 Å². The van der Waals surface area contributed by atoms with Crippen LogP contribution >= 0.6 is 22.6 Å². The van der Waals surface area contributed by atoms with Gasteiger partial charge in [0, 0.05) is 30.1 Å². The van der Waals surface area contributed by atoms with Crippen molar-refractivity contribution in [1.29, 1.82) is 0 Å². The number of hydrogen-bond acceptors (Lipinski definition) is 3. The van der Waals surface area contributed by atoms with Gasteiger partial charge in [-0.2, -0.15) is 0 Å². The molecule has 0 aromatic rings. The average molecular weight is 406 g/mol. The van der Waals surface area contributed by atoms with Gasteiger partial charge >= 0.3 is 0 Å². The van der Waals surface area contributed by atoms with E-state index in [1.807, 2.05) is 6.92 Å². The number of hydrogen-bond donors (Lipinski definition) is 0. The number of ketones is 1. The molecule has 1 heterocycles. The molecular weight excluding hydrogens is 379 g/mol. The van der Waals surface area contributed by atoms with Gasteiger partial charge in [-0.1, -0.05) is 26.8 Å². The van der Waals surface area contributed by atoms with Crippen LogP contribution in [0.4, 0.5) is 0 Å². The zero-order valence-corrected chi connectivity index (χ0v) is 15.8. The maximum absolute atomic E-state index is 12.4. The van der Waals surface area contributed by atoms with Gasteiger partial charge in [-0.3, -0.25) is 4.79 Å². The van der Waals surface area contributed by atoms with Gasteiger partial charge in [-0.15, -0.1) is 0 Å².